The molecule has 0 saturated carbocycles. The number of aliphatic hydroxyl groups is 1. The smallest absolute Gasteiger partial charge is 0.264 e. The molecule has 2 aromatic carbocycles. The maximum atomic E-state index is 11.4. The minimum Gasteiger partial charge on any atom is -0.386 e. The molecule has 0 aliphatic heterocycles. The van der Waals surface area contributed by atoms with Crippen molar-refractivity contribution in [3.05, 3.63) is 66.2 Å². The number of carbonyl (C=O) groups excluding carboxylic acids is 1. The number of amides is 1. The summed E-state index contributed by atoms with van der Waals surface area (Å²) < 4.78 is 0. The van der Waals surface area contributed by atoms with Crippen LogP contribution >= 0.6 is 0 Å². The van der Waals surface area contributed by atoms with Gasteiger partial charge in [-0.1, -0.05) is 48.5 Å². The van der Waals surface area contributed by atoms with Crippen LogP contribution in [-0.4, -0.2) is 17.6 Å². The van der Waals surface area contributed by atoms with Gasteiger partial charge >= 0.3 is 0 Å². The van der Waals surface area contributed by atoms with Crippen molar-refractivity contribution in [2.24, 2.45) is 0 Å². The average Bonchev–Trinajstić information content (AvgIpc) is 2.48. The van der Waals surface area contributed by atoms with E-state index < -0.39 is 12.5 Å². The second kappa shape index (κ2) is 6.56. The van der Waals surface area contributed by atoms with E-state index in [0.717, 1.165) is 11.3 Å². The highest BCUT2D eigenvalue weighted by atomic mass is 16.3. The van der Waals surface area contributed by atoms with E-state index in [1.165, 1.54) is 0 Å². The van der Waals surface area contributed by atoms with Crippen LogP contribution in [0, 0.1) is 0 Å². The number of rotatable bonds is 5. The first-order valence-electron chi connectivity index (χ1n) is 6.06. The third kappa shape index (κ3) is 3.82. The number of hydrogen-bond acceptors (Lipinski definition) is 3. The Bertz CT molecular complexity index is 514. The van der Waals surface area contributed by atoms with Crippen molar-refractivity contribution >= 4 is 11.6 Å². The van der Waals surface area contributed by atoms with Gasteiger partial charge in [0.1, 0.15) is 6.61 Å². The van der Waals surface area contributed by atoms with Crippen molar-refractivity contribution in [1.29, 1.82) is 0 Å². The lowest BCUT2D eigenvalue weighted by Gasteiger charge is -2.25. The molecule has 0 radical (unpaired) electrons. The number of carbonyl (C=O) groups is 1. The Morgan fingerprint density at radius 1 is 1.00 bits per heavy atom. The number of hydrazine groups is 1. The normalized spacial score (nSPS) is 9.95. The van der Waals surface area contributed by atoms with E-state index in [2.05, 4.69) is 5.43 Å². The van der Waals surface area contributed by atoms with Gasteiger partial charge in [0.15, 0.2) is 0 Å². The summed E-state index contributed by atoms with van der Waals surface area (Å²) in [7, 11) is 0. The second-order valence-corrected chi connectivity index (χ2v) is 4.10. The van der Waals surface area contributed by atoms with Crippen molar-refractivity contribution in [3.8, 4) is 0 Å². The maximum Gasteiger partial charge on any atom is 0.264 e. The molecular formula is C15H16N2O2. The topological polar surface area (TPSA) is 52.6 Å². The summed E-state index contributed by atoms with van der Waals surface area (Å²) in [4.78, 5) is 11.4. The van der Waals surface area contributed by atoms with E-state index in [1.807, 2.05) is 60.7 Å². The zero-order valence-electron chi connectivity index (χ0n) is 10.5. The molecule has 0 heterocycles. The highest BCUT2D eigenvalue weighted by Gasteiger charge is 2.09. The third-order valence-corrected chi connectivity index (χ3v) is 2.65. The van der Waals surface area contributed by atoms with Gasteiger partial charge in [-0.2, -0.15) is 0 Å². The summed E-state index contributed by atoms with van der Waals surface area (Å²) in [5.74, 6) is -0.431. The van der Waals surface area contributed by atoms with Gasteiger partial charge < -0.3 is 5.11 Å². The molecule has 1 amide bonds. The quantitative estimate of drug-likeness (QED) is 0.801. The lowest BCUT2D eigenvalue weighted by Crippen LogP contribution is -2.43. The first-order chi connectivity index (χ1) is 9.29. The third-order valence-electron chi connectivity index (χ3n) is 2.65. The summed E-state index contributed by atoms with van der Waals surface area (Å²) in [6, 6.07) is 19.3. The van der Waals surface area contributed by atoms with E-state index in [9.17, 15) is 4.79 Å². The van der Waals surface area contributed by atoms with Gasteiger partial charge in [-0.25, -0.2) is 0 Å². The first kappa shape index (κ1) is 13.1. The van der Waals surface area contributed by atoms with Crippen molar-refractivity contribution < 1.29 is 9.90 Å². The number of benzene rings is 2. The molecule has 0 aliphatic rings. The molecule has 4 nitrogen and oxygen atoms in total. The molecule has 2 N–H and O–H groups in total. The molecule has 2 rings (SSSR count). The lowest BCUT2D eigenvalue weighted by atomic mass is 10.2. The Morgan fingerprint density at radius 2 is 1.58 bits per heavy atom. The number of aliphatic hydroxyl groups excluding tert-OH is 1. The van der Waals surface area contributed by atoms with Crippen LogP contribution in [0.3, 0.4) is 0 Å². The van der Waals surface area contributed by atoms with Gasteiger partial charge in [-0.05, 0) is 17.7 Å². The van der Waals surface area contributed by atoms with Gasteiger partial charge in [-0.15, -0.1) is 0 Å². The van der Waals surface area contributed by atoms with Crippen LogP contribution in [0.4, 0.5) is 5.69 Å². The second-order valence-electron chi connectivity index (χ2n) is 4.10. The van der Waals surface area contributed by atoms with Gasteiger partial charge in [0.2, 0.25) is 0 Å². The molecule has 0 atom stereocenters. The van der Waals surface area contributed by atoms with Crippen molar-refractivity contribution in [1.82, 2.24) is 5.43 Å². The van der Waals surface area contributed by atoms with Crippen molar-refractivity contribution in [2.75, 3.05) is 11.6 Å². The molecule has 0 aromatic heterocycles. The molecule has 0 aliphatic carbocycles. The van der Waals surface area contributed by atoms with E-state index in [1.54, 1.807) is 5.01 Å². The van der Waals surface area contributed by atoms with E-state index in [0.29, 0.717) is 6.54 Å². The number of hydrogen-bond donors (Lipinski definition) is 2. The van der Waals surface area contributed by atoms with E-state index in [4.69, 9.17) is 5.11 Å². The molecular weight excluding hydrogens is 240 g/mol. The first-order valence-corrected chi connectivity index (χ1v) is 6.06. The van der Waals surface area contributed by atoms with Gasteiger partial charge in [-0.3, -0.25) is 15.2 Å². The van der Waals surface area contributed by atoms with E-state index >= 15 is 0 Å². The molecule has 0 bridgehead atoms. The zero-order valence-corrected chi connectivity index (χ0v) is 10.5. The Labute approximate surface area is 112 Å². The minimum absolute atomic E-state index is 0.431. The Hall–Kier alpha value is -2.33. The summed E-state index contributed by atoms with van der Waals surface area (Å²) in [5.41, 5.74) is 4.62. The van der Waals surface area contributed by atoms with Crippen LogP contribution in [0.5, 0.6) is 0 Å². The van der Waals surface area contributed by atoms with Gasteiger partial charge in [0.05, 0.1) is 12.2 Å². The molecule has 98 valence electrons. The Kier molecular flexibility index (Phi) is 4.53. The Morgan fingerprint density at radius 3 is 2.16 bits per heavy atom. The molecule has 0 fully saturated rings. The van der Waals surface area contributed by atoms with Crippen LogP contribution in [0.1, 0.15) is 5.56 Å². The molecule has 19 heavy (non-hydrogen) atoms. The molecule has 0 spiro atoms. The van der Waals surface area contributed by atoms with Crippen LogP contribution in [0.25, 0.3) is 0 Å². The summed E-state index contributed by atoms with van der Waals surface area (Å²) in [6.07, 6.45) is 0. The molecule has 0 unspecified atom stereocenters. The van der Waals surface area contributed by atoms with Crippen LogP contribution in [0.2, 0.25) is 0 Å². The highest BCUT2D eigenvalue weighted by molar-refractivity contribution is 5.78. The number of anilines is 1. The fourth-order valence-electron chi connectivity index (χ4n) is 1.76. The van der Waals surface area contributed by atoms with Crippen molar-refractivity contribution in [3.63, 3.8) is 0 Å². The number of nitrogens with zero attached hydrogens (tertiary/aromatic N) is 1. The average molecular weight is 256 g/mol. The number of para-hydroxylation sites is 1. The fraction of sp³-hybridized carbons (Fsp3) is 0.133. The standard InChI is InChI=1S/C15H16N2O2/c18-12-15(19)16-17(14-9-5-2-6-10-14)11-13-7-3-1-4-8-13/h1-10,18H,11-12H2,(H,16,19). The van der Waals surface area contributed by atoms with Crippen LogP contribution in [0.15, 0.2) is 60.7 Å². The maximum absolute atomic E-state index is 11.4. The lowest BCUT2D eigenvalue weighted by molar-refractivity contribution is -0.124. The molecule has 0 saturated heterocycles. The summed E-state index contributed by atoms with van der Waals surface area (Å²) >= 11 is 0. The van der Waals surface area contributed by atoms with Crippen LogP contribution in [-0.2, 0) is 11.3 Å². The zero-order chi connectivity index (χ0) is 13.5. The van der Waals surface area contributed by atoms with Crippen molar-refractivity contribution in [2.45, 2.75) is 6.54 Å². The number of nitrogens with one attached hydrogen (secondary N) is 1. The van der Waals surface area contributed by atoms with Gasteiger partial charge in [0.25, 0.3) is 5.91 Å². The Balaban J connectivity index is 2.17. The van der Waals surface area contributed by atoms with Gasteiger partial charge in [0, 0.05) is 0 Å². The largest absolute Gasteiger partial charge is 0.386 e. The predicted molar refractivity (Wildman–Crippen MR) is 74.3 cm³/mol. The SMILES string of the molecule is O=C(CO)NN(Cc1ccccc1)c1ccccc1. The minimum atomic E-state index is -0.530. The summed E-state index contributed by atoms with van der Waals surface area (Å²) in [6.45, 7) is 0.00865. The van der Waals surface area contributed by atoms with Crippen LogP contribution < -0.4 is 10.4 Å². The highest BCUT2D eigenvalue weighted by Crippen LogP contribution is 2.14. The monoisotopic (exact) mass is 256 g/mol. The fourth-order valence-corrected chi connectivity index (χ4v) is 1.76. The molecule has 4 heteroatoms. The van der Waals surface area contributed by atoms with E-state index in [-0.39, 0.29) is 0 Å². The predicted octanol–water partition coefficient (Wildman–Crippen LogP) is 1.72. The molecule has 2 aromatic rings. The summed E-state index contributed by atoms with van der Waals surface area (Å²) in [5, 5.41) is 10.6.